The molecule has 1 rings (SSSR count). The first-order valence-electron chi connectivity index (χ1n) is 5.09. The van der Waals surface area contributed by atoms with Crippen molar-refractivity contribution in [2.45, 2.75) is 6.92 Å². The number of pyridine rings is 1. The van der Waals surface area contributed by atoms with Gasteiger partial charge in [0, 0.05) is 18.8 Å². The Bertz CT molecular complexity index is 377. The number of carboxylic acid groups (broad SMARTS) is 1. The molecule has 1 aromatic rings. The van der Waals surface area contributed by atoms with Gasteiger partial charge in [-0.2, -0.15) is 0 Å². The number of aryl methyl sites for hydroxylation is 1. The standard InChI is InChI=1S/C11H17N3O2/c1-8-6-9(11(15)16)7-10(13-8)12-4-5-14(2)3/h6-7H,4-5H2,1-3H3,(H,12,13)(H,15,16). The van der Waals surface area contributed by atoms with Crippen LogP contribution in [0, 0.1) is 6.92 Å². The summed E-state index contributed by atoms with van der Waals surface area (Å²) in [5.74, 6) is -0.319. The molecule has 0 aliphatic rings. The molecule has 5 heteroatoms. The zero-order valence-electron chi connectivity index (χ0n) is 9.82. The maximum Gasteiger partial charge on any atom is 0.335 e. The van der Waals surface area contributed by atoms with Crippen molar-refractivity contribution in [2.75, 3.05) is 32.5 Å². The Morgan fingerprint density at radius 3 is 2.75 bits per heavy atom. The monoisotopic (exact) mass is 223 g/mol. The molecule has 0 spiro atoms. The third-order valence-corrected chi connectivity index (χ3v) is 2.07. The average molecular weight is 223 g/mol. The van der Waals surface area contributed by atoms with Crippen LogP contribution in [0.25, 0.3) is 0 Å². The highest BCUT2D eigenvalue weighted by Crippen LogP contribution is 2.09. The summed E-state index contributed by atoms with van der Waals surface area (Å²) in [6, 6.07) is 3.10. The van der Waals surface area contributed by atoms with E-state index in [-0.39, 0.29) is 5.56 Å². The predicted octanol–water partition coefficient (Wildman–Crippen LogP) is 1.06. The molecule has 1 aromatic heterocycles. The van der Waals surface area contributed by atoms with E-state index in [2.05, 4.69) is 10.3 Å². The Balaban J connectivity index is 2.69. The molecule has 5 nitrogen and oxygen atoms in total. The van der Waals surface area contributed by atoms with E-state index in [4.69, 9.17) is 5.11 Å². The molecule has 0 bridgehead atoms. The van der Waals surface area contributed by atoms with Gasteiger partial charge in [-0.15, -0.1) is 0 Å². The number of likely N-dealkylation sites (N-methyl/N-ethyl adjacent to an activating group) is 1. The molecule has 0 aliphatic carbocycles. The molecule has 2 N–H and O–H groups in total. The SMILES string of the molecule is Cc1cc(C(=O)O)cc(NCCN(C)C)n1. The van der Waals surface area contributed by atoms with Crippen molar-refractivity contribution in [1.29, 1.82) is 0 Å². The van der Waals surface area contributed by atoms with Crippen molar-refractivity contribution in [3.8, 4) is 0 Å². The summed E-state index contributed by atoms with van der Waals surface area (Å²) in [6.07, 6.45) is 0. The minimum absolute atomic E-state index is 0.264. The second kappa shape index (κ2) is 5.46. The zero-order valence-corrected chi connectivity index (χ0v) is 9.82. The summed E-state index contributed by atoms with van der Waals surface area (Å²) in [5, 5.41) is 12.0. The van der Waals surface area contributed by atoms with Gasteiger partial charge in [0.2, 0.25) is 0 Å². The number of anilines is 1. The summed E-state index contributed by atoms with van der Waals surface area (Å²) in [7, 11) is 3.96. The number of carbonyl (C=O) groups is 1. The van der Waals surface area contributed by atoms with E-state index in [9.17, 15) is 4.79 Å². The fourth-order valence-electron chi connectivity index (χ4n) is 1.29. The van der Waals surface area contributed by atoms with Crippen molar-refractivity contribution >= 4 is 11.8 Å². The third-order valence-electron chi connectivity index (χ3n) is 2.07. The van der Waals surface area contributed by atoms with Gasteiger partial charge in [0.15, 0.2) is 0 Å². The summed E-state index contributed by atoms with van der Waals surface area (Å²) in [6.45, 7) is 3.39. The van der Waals surface area contributed by atoms with Crippen LogP contribution < -0.4 is 5.32 Å². The first-order valence-corrected chi connectivity index (χ1v) is 5.09. The largest absolute Gasteiger partial charge is 0.478 e. The summed E-state index contributed by atoms with van der Waals surface area (Å²) in [4.78, 5) is 17.1. The molecule has 0 atom stereocenters. The molecule has 0 radical (unpaired) electrons. The average Bonchev–Trinajstić information content (AvgIpc) is 2.16. The molecule has 88 valence electrons. The molecule has 0 saturated heterocycles. The minimum atomic E-state index is -0.929. The summed E-state index contributed by atoms with van der Waals surface area (Å²) in [5.41, 5.74) is 0.965. The van der Waals surface area contributed by atoms with E-state index in [0.29, 0.717) is 11.5 Å². The van der Waals surface area contributed by atoms with Gasteiger partial charge in [-0.3, -0.25) is 0 Å². The lowest BCUT2D eigenvalue weighted by atomic mass is 10.2. The van der Waals surface area contributed by atoms with Crippen molar-refractivity contribution < 1.29 is 9.90 Å². The highest BCUT2D eigenvalue weighted by atomic mass is 16.4. The highest BCUT2D eigenvalue weighted by Gasteiger charge is 2.06. The molecule has 0 unspecified atom stereocenters. The van der Waals surface area contributed by atoms with E-state index < -0.39 is 5.97 Å². The Kier molecular flexibility index (Phi) is 4.25. The van der Waals surface area contributed by atoms with Crippen molar-refractivity contribution in [2.24, 2.45) is 0 Å². The maximum absolute atomic E-state index is 10.8. The Morgan fingerprint density at radius 1 is 1.50 bits per heavy atom. The van der Waals surface area contributed by atoms with E-state index in [1.807, 2.05) is 19.0 Å². The van der Waals surface area contributed by atoms with Crippen LogP contribution in [0.15, 0.2) is 12.1 Å². The van der Waals surface area contributed by atoms with E-state index >= 15 is 0 Å². The third kappa shape index (κ3) is 3.86. The van der Waals surface area contributed by atoms with Crippen LogP contribution in [0.1, 0.15) is 16.1 Å². The zero-order chi connectivity index (χ0) is 12.1. The number of nitrogens with zero attached hydrogens (tertiary/aromatic N) is 2. The molecular weight excluding hydrogens is 206 g/mol. The molecule has 0 fully saturated rings. The number of rotatable bonds is 5. The smallest absolute Gasteiger partial charge is 0.335 e. The van der Waals surface area contributed by atoms with Crippen LogP contribution in [0.2, 0.25) is 0 Å². The predicted molar refractivity (Wildman–Crippen MR) is 63.0 cm³/mol. The fraction of sp³-hybridized carbons (Fsp3) is 0.455. The molecule has 0 aromatic carbocycles. The molecule has 0 aliphatic heterocycles. The maximum atomic E-state index is 10.8. The normalized spacial score (nSPS) is 10.5. The van der Waals surface area contributed by atoms with Crippen molar-refractivity contribution in [3.05, 3.63) is 23.4 Å². The van der Waals surface area contributed by atoms with Crippen molar-refractivity contribution in [3.63, 3.8) is 0 Å². The fourth-order valence-corrected chi connectivity index (χ4v) is 1.29. The second-order valence-electron chi connectivity index (χ2n) is 3.92. The topological polar surface area (TPSA) is 65.5 Å². The van der Waals surface area contributed by atoms with Gasteiger partial charge in [0.25, 0.3) is 0 Å². The van der Waals surface area contributed by atoms with Gasteiger partial charge >= 0.3 is 5.97 Å². The van der Waals surface area contributed by atoms with Gasteiger partial charge in [0.1, 0.15) is 5.82 Å². The molecule has 1 heterocycles. The first-order chi connectivity index (χ1) is 7.49. The second-order valence-corrected chi connectivity index (χ2v) is 3.92. The number of hydrogen-bond donors (Lipinski definition) is 2. The molecule has 0 amide bonds. The number of nitrogens with one attached hydrogen (secondary N) is 1. The van der Waals surface area contributed by atoms with Crippen LogP contribution in [0.5, 0.6) is 0 Å². The quantitative estimate of drug-likeness (QED) is 0.781. The van der Waals surface area contributed by atoms with Gasteiger partial charge in [-0.05, 0) is 33.2 Å². The molecule has 16 heavy (non-hydrogen) atoms. The number of carboxylic acids is 1. The Morgan fingerprint density at radius 2 is 2.19 bits per heavy atom. The van der Waals surface area contributed by atoms with Crippen LogP contribution in [-0.2, 0) is 0 Å². The van der Waals surface area contributed by atoms with Gasteiger partial charge in [0.05, 0.1) is 5.56 Å². The van der Waals surface area contributed by atoms with Gasteiger partial charge in [-0.1, -0.05) is 0 Å². The number of hydrogen-bond acceptors (Lipinski definition) is 4. The lowest BCUT2D eigenvalue weighted by Crippen LogP contribution is -2.21. The molecule has 0 saturated carbocycles. The van der Waals surface area contributed by atoms with E-state index in [0.717, 1.165) is 13.1 Å². The Hall–Kier alpha value is -1.62. The lowest BCUT2D eigenvalue weighted by molar-refractivity contribution is 0.0696. The minimum Gasteiger partial charge on any atom is -0.478 e. The Labute approximate surface area is 95.1 Å². The van der Waals surface area contributed by atoms with Gasteiger partial charge in [-0.25, -0.2) is 9.78 Å². The van der Waals surface area contributed by atoms with Crippen molar-refractivity contribution in [1.82, 2.24) is 9.88 Å². The highest BCUT2D eigenvalue weighted by molar-refractivity contribution is 5.88. The van der Waals surface area contributed by atoms with Crippen LogP contribution in [-0.4, -0.2) is 48.1 Å². The summed E-state index contributed by atoms with van der Waals surface area (Å²) < 4.78 is 0. The van der Waals surface area contributed by atoms with Crippen LogP contribution in [0.3, 0.4) is 0 Å². The van der Waals surface area contributed by atoms with E-state index in [1.54, 1.807) is 19.1 Å². The van der Waals surface area contributed by atoms with Gasteiger partial charge < -0.3 is 15.3 Å². The lowest BCUT2D eigenvalue weighted by Gasteiger charge is -2.11. The van der Waals surface area contributed by atoms with E-state index in [1.165, 1.54) is 0 Å². The number of aromatic nitrogens is 1. The van der Waals surface area contributed by atoms with Crippen LogP contribution >= 0.6 is 0 Å². The molecular formula is C11H17N3O2. The number of aromatic carboxylic acids is 1. The van der Waals surface area contributed by atoms with Crippen LogP contribution in [0.4, 0.5) is 5.82 Å². The first kappa shape index (κ1) is 12.4. The summed E-state index contributed by atoms with van der Waals surface area (Å²) >= 11 is 0.